The summed E-state index contributed by atoms with van der Waals surface area (Å²) in [6, 6.07) is 7.90. The standard InChI is InChI=1S/C15H15FN2O2/c1-8-3-4-10(7-13(8)16)18-11-5-9(2)14(17)12(6-11)15(19)20/h3-7,18H,17H2,1-2H3,(H,19,20). The molecule has 2 aromatic carbocycles. The Morgan fingerprint density at radius 1 is 1.15 bits per heavy atom. The molecule has 0 fully saturated rings. The number of carbonyl (C=O) groups is 1. The highest BCUT2D eigenvalue weighted by Crippen LogP contribution is 2.26. The van der Waals surface area contributed by atoms with Gasteiger partial charge in [-0.25, -0.2) is 9.18 Å². The summed E-state index contributed by atoms with van der Waals surface area (Å²) in [4.78, 5) is 11.1. The van der Waals surface area contributed by atoms with E-state index < -0.39 is 5.97 Å². The molecular weight excluding hydrogens is 259 g/mol. The maximum atomic E-state index is 13.5. The van der Waals surface area contributed by atoms with Gasteiger partial charge in [-0.05, 0) is 49.2 Å². The molecule has 2 rings (SSSR count). The van der Waals surface area contributed by atoms with Crippen LogP contribution in [0.3, 0.4) is 0 Å². The molecule has 0 unspecified atom stereocenters. The van der Waals surface area contributed by atoms with E-state index in [0.29, 0.717) is 22.5 Å². The summed E-state index contributed by atoms with van der Waals surface area (Å²) in [6.07, 6.45) is 0. The van der Waals surface area contributed by atoms with Crippen LogP contribution >= 0.6 is 0 Å². The number of anilines is 3. The highest BCUT2D eigenvalue weighted by Gasteiger charge is 2.12. The average Bonchev–Trinajstić information content (AvgIpc) is 2.37. The van der Waals surface area contributed by atoms with Crippen LogP contribution in [0.5, 0.6) is 0 Å². The molecule has 0 radical (unpaired) electrons. The molecule has 0 saturated heterocycles. The molecule has 0 heterocycles. The smallest absolute Gasteiger partial charge is 0.337 e. The van der Waals surface area contributed by atoms with Gasteiger partial charge >= 0.3 is 5.97 Å². The van der Waals surface area contributed by atoms with E-state index in [4.69, 9.17) is 10.8 Å². The van der Waals surface area contributed by atoms with Gasteiger partial charge in [-0.3, -0.25) is 0 Å². The lowest BCUT2D eigenvalue weighted by atomic mass is 10.1. The Morgan fingerprint density at radius 3 is 2.45 bits per heavy atom. The number of aryl methyl sites for hydroxylation is 2. The average molecular weight is 274 g/mol. The van der Waals surface area contributed by atoms with Gasteiger partial charge in [-0.1, -0.05) is 6.07 Å². The van der Waals surface area contributed by atoms with Gasteiger partial charge in [0.05, 0.1) is 5.56 Å². The molecule has 104 valence electrons. The second-order valence-corrected chi connectivity index (χ2v) is 4.65. The van der Waals surface area contributed by atoms with Gasteiger partial charge in [0.1, 0.15) is 5.82 Å². The zero-order valence-electron chi connectivity index (χ0n) is 11.2. The predicted molar refractivity (Wildman–Crippen MR) is 77.0 cm³/mol. The summed E-state index contributed by atoms with van der Waals surface area (Å²) < 4.78 is 13.5. The molecule has 20 heavy (non-hydrogen) atoms. The molecule has 2 aromatic rings. The van der Waals surface area contributed by atoms with E-state index in [1.165, 1.54) is 12.1 Å². The number of nitrogens with one attached hydrogen (secondary N) is 1. The topological polar surface area (TPSA) is 75.3 Å². The molecule has 0 saturated carbocycles. The first kappa shape index (κ1) is 13.9. The fourth-order valence-corrected chi connectivity index (χ4v) is 1.88. The molecule has 0 spiro atoms. The number of hydrogen-bond donors (Lipinski definition) is 3. The van der Waals surface area contributed by atoms with Crippen molar-refractivity contribution in [2.24, 2.45) is 0 Å². The van der Waals surface area contributed by atoms with Crippen molar-refractivity contribution < 1.29 is 14.3 Å². The maximum absolute atomic E-state index is 13.5. The monoisotopic (exact) mass is 274 g/mol. The number of carboxylic acids is 1. The van der Waals surface area contributed by atoms with Gasteiger partial charge in [-0.2, -0.15) is 0 Å². The second-order valence-electron chi connectivity index (χ2n) is 4.65. The lowest BCUT2D eigenvalue weighted by molar-refractivity contribution is 0.0698. The van der Waals surface area contributed by atoms with E-state index in [1.807, 2.05) is 0 Å². The van der Waals surface area contributed by atoms with Crippen molar-refractivity contribution in [1.82, 2.24) is 0 Å². The summed E-state index contributed by atoms with van der Waals surface area (Å²) >= 11 is 0. The fourth-order valence-electron chi connectivity index (χ4n) is 1.88. The number of nitrogen functional groups attached to an aromatic ring is 1. The van der Waals surface area contributed by atoms with Crippen LogP contribution in [0.15, 0.2) is 30.3 Å². The zero-order valence-corrected chi connectivity index (χ0v) is 11.2. The Morgan fingerprint density at radius 2 is 1.85 bits per heavy atom. The molecule has 0 amide bonds. The van der Waals surface area contributed by atoms with E-state index in [1.54, 1.807) is 32.0 Å². The molecule has 0 atom stereocenters. The van der Waals surface area contributed by atoms with E-state index in [2.05, 4.69) is 5.32 Å². The Labute approximate surface area is 116 Å². The van der Waals surface area contributed by atoms with Gasteiger partial charge < -0.3 is 16.2 Å². The van der Waals surface area contributed by atoms with Crippen LogP contribution in [0, 0.1) is 19.7 Å². The van der Waals surface area contributed by atoms with Crippen molar-refractivity contribution in [3.63, 3.8) is 0 Å². The van der Waals surface area contributed by atoms with Crippen molar-refractivity contribution in [2.45, 2.75) is 13.8 Å². The number of aromatic carboxylic acids is 1. The molecule has 0 aliphatic heterocycles. The molecule has 0 bridgehead atoms. The minimum atomic E-state index is -1.09. The molecule has 0 aromatic heterocycles. The van der Waals surface area contributed by atoms with E-state index in [9.17, 15) is 9.18 Å². The van der Waals surface area contributed by atoms with Crippen LogP contribution in [0.1, 0.15) is 21.5 Å². The lowest BCUT2D eigenvalue weighted by Crippen LogP contribution is -2.05. The molecule has 4 nitrogen and oxygen atoms in total. The Bertz CT molecular complexity index is 684. The minimum absolute atomic E-state index is 0.0279. The molecular formula is C15H15FN2O2. The second kappa shape index (κ2) is 5.21. The predicted octanol–water partition coefficient (Wildman–Crippen LogP) is 3.47. The first-order chi connectivity index (χ1) is 9.38. The molecule has 0 aliphatic rings. The lowest BCUT2D eigenvalue weighted by Gasteiger charge is -2.12. The molecule has 5 heteroatoms. The van der Waals surface area contributed by atoms with E-state index in [-0.39, 0.29) is 17.1 Å². The van der Waals surface area contributed by atoms with Gasteiger partial charge in [0.2, 0.25) is 0 Å². The van der Waals surface area contributed by atoms with Crippen molar-refractivity contribution in [3.05, 3.63) is 52.8 Å². The summed E-state index contributed by atoms with van der Waals surface area (Å²) in [6.45, 7) is 3.40. The van der Waals surface area contributed by atoms with Gasteiger partial charge in [0.25, 0.3) is 0 Å². The van der Waals surface area contributed by atoms with Crippen LogP contribution in [0.2, 0.25) is 0 Å². The Hall–Kier alpha value is -2.56. The molecule has 4 N–H and O–H groups in total. The third-order valence-electron chi connectivity index (χ3n) is 3.08. The third-order valence-corrected chi connectivity index (χ3v) is 3.08. The van der Waals surface area contributed by atoms with Gasteiger partial charge in [0, 0.05) is 17.1 Å². The summed E-state index contributed by atoms with van der Waals surface area (Å²) in [7, 11) is 0. The van der Waals surface area contributed by atoms with E-state index >= 15 is 0 Å². The first-order valence-electron chi connectivity index (χ1n) is 6.05. The van der Waals surface area contributed by atoms with Gasteiger partial charge in [0.15, 0.2) is 0 Å². The number of hydrogen-bond acceptors (Lipinski definition) is 3. The number of rotatable bonds is 3. The SMILES string of the molecule is Cc1ccc(Nc2cc(C)c(N)c(C(=O)O)c2)cc1F. The van der Waals surface area contributed by atoms with Crippen molar-refractivity contribution >= 4 is 23.0 Å². The van der Waals surface area contributed by atoms with Crippen LogP contribution in [-0.4, -0.2) is 11.1 Å². The normalized spacial score (nSPS) is 10.3. The Kier molecular flexibility index (Phi) is 3.61. The number of benzene rings is 2. The summed E-state index contributed by atoms with van der Waals surface area (Å²) in [5.41, 5.74) is 8.29. The number of halogens is 1. The van der Waals surface area contributed by atoms with Crippen LogP contribution in [0.4, 0.5) is 21.5 Å². The van der Waals surface area contributed by atoms with E-state index in [0.717, 1.165) is 0 Å². The largest absolute Gasteiger partial charge is 0.478 e. The van der Waals surface area contributed by atoms with Crippen LogP contribution in [-0.2, 0) is 0 Å². The van der Waals surface area contributed by atoms with Crippen molar-refractivity contribution in [3.8, 4) is 0 Å². The Balaban J connectivity index is 2.38. The minimum Gasteiger partial charge on any atom is -0.478 e. The highest BCUT2D eigenvalue weighted by molar-refractivity contribution is 5.96. The molecule has 0 aliphatic carbocycles. The zero-order chi connectivity index (χ0) is 14.9. The summed E-state index contributed by atoms with van der Waals surface area (Å²) in [5, 5.41) is 12.1. The van der Waals surface area contributed by atoms with Crippen LogP contribution in [0.25, 0.3) is 0 Å². The quantitative estimate of drug-likeness (QED) is 0.749. The first-order valence-corrected chi connectivity index (χ1v) is 6.05. The van der Waals surface area contributed by atoms with Gasteiger partial charge in [-0.15, -0.1) is 0 Å². The van der Waals surface area contributed by atoms with Crippen molar-refractivity contribution in [1.29, 1.82) is 0 Å². The van der Waals surface area contributed by atoms with Crippen molar-refractivity contribution in [2.75, 3.05) is 11.1 Å². The highest BCUT2D eigenvalue weighted by atomic mass is 19.1. The summed E-state index contributed by atoms with van der Waals surface area (Å²) in [5.74, 6) is -1.41. The fraction of sp³-hybridized carbons (Fsp3) is 0.133. The third kappa shape index (κ3) is 2.71. The maximum Gasteiger partial charge on any atom is 0.337 e. The van der Waals surface area contributed by atoms with Crippen LogP contribution < -0.4 is 11.1 Å². The number of carboxylic acid groups (broad SMARTS) is 1. The number of nitrogens with two attached hydrogens (primary N) is 1.